The van der Waals surface area contributed by atoms with Crippen molar-refractivity contribution in [2.24, 2.45) is 5.92 Å². The number of esters is 1. The third kappa shape index (κ3) is 8.56. The normalized spacial score (nSPS) is 16.1. The number of rotatable bonds is 13. The van der Waals surface area contributed by atoms with Gasteiger partial charge in [-0.1, -0.05) is 64.0 Å². The minimum atomic E-state index is -0.432. The fraction of sp³-hybridized carbons (Fsp3) is 0.560. The predicted molar refractivity (Wildman–Crippen MR) is 124 cm³/mol. The molecule has 1 aromatic rings. The minimum absolute atomic E-state index is 0.0976. The van der Waals surface area contributed by atoms with Crippen molar-refractivity contribution >= 4 is 29.5 Å². The van der Waals surface area contributed by atoms with Gasteiger partial charge in [0.05, 0.1) is 13.0 Å². The number of hydrogen-bond acceptors (Lipinski definition) is 4. The maximum Gasteiger partial charge on any atom is 0.311 e. The second-order valence-corrected chi connectivity index (χ2v) is 8.12. The van der Waals surface area contributed by atoms with Crippen molar-refractivity contribution in [3.05, 3.63) is 35.9 Å². The molecule has 0 saturated carbocycles. The van der Waals surface area contributed by atoms with E-state index in [1.807, 2.05) is 24.3 Å². The topological polar surface area (TPSA) is 75.7 Å². The molecule has 0 spiro atoms. The molecule has 6 nitrogen and oxygen atoms in total. The number of methoxy groups -OCH3 is 1. The Hall–Kier alpha value is -2.63. The van der Waals surface area contributed by atoms with Gasteiger partial charge < -0.3 is 15.0 Å². The molecule has 1 saturated heterocycles. The van der Waals surface area contributed by atoms with E-state index >= 15 is 0 Å². The lowest BCUT2D eigenvalue weighted by atomic mass is 10.1. The van der Waals surface area contributed by atoms with E-state index in [0.717, 1.165) is 24.1 Å². The van der Waals surface area contributed by atoms with Crippen molar-refractivity contribution in [1.29, 1.82) is 0 Å². The Labute approximate surface area is 186 Å². The largest absolute Gasteiger partial charge is 0.469 e. The number of ether oxygens (including phenoxy) is 1. The van der Waals surface area contributed by atoms with Crippen molar-refractivity contribution in [2.45, 2.75) is 64.7 Å². The Morgan fingerprint density at radius 3 is 2.55 bits per heavy atom. The van der Waals surface area contributed by atoms with Crippen molar-refractivity contribution in [2.75, 3.05) is 25.1 Å². The SMILES string of the molecule is CCCCCCCCCCNC(=O)/C=C/c1cccc(N2CC(C(=O)OC)CC2=O)c1. The molecule has 0 radical (unpaired) electrons. The van der Waals surface area contributed by atoms with Crippen molar-refractivity contribution < 1.29 is 19.1 Å². The first-order valence-corrected chi connectivity index (χ1v) is 11.5. The Bertz CT molecular complexity index is 760. The van der Waals surface area contributed by atoms with Crippen LogP contribution in [0.2, 0.25) is 0 Å². The van der Waals surface area contributed by atoms with Crippen LogP contribution < -0.4 is 10.2 Å². The third-order valence-corrected chi connectivity index (χ3v) is 5.60. The molecule has 1 unspecified atom stereocenters. The van der Waals surface area contributed by atoms with Gasteiger partial charge in [-0.05, 0) is 30.2 Å². The van der Waals surface area contributed by atoms with Gasteiger partial charge in [0.1, 0.15) is 0 Å². The summed E-state index contributed by atoms with van der Waals surface area (Å²) in [4.78, 5) is 37.7. The molecule has 6 heteroatoms. The molecule has 1 aromatic carbocycles. The summed E-state index contributed by atoms with van der Waals surface area (Å²) in [6.07, 6.45) is 13.3. The molecule has 1 fully saturated rings. The summed E-state index contributed by atoms with van der Waals surface area (Å²) in [5.74, 6) is -1.00. The second kappa shape index (κ2) is 13.6. The van der Waals surface area contributed by atoms with Gasteiger partial charge in [0.15, 0.2) is 0 Å². The highest BCUT2D eigenvalue weighted by Gasteiger charge is 2.35. The number of unbranched alkanes of at least 4 members (excludes halogenated alkanes) is 7. The Morgan fingerprint density at radius 1 is 1.13 bits per heavy atom. The molecule has 1 aliphatic rings. The molecular formula is C25H36N2O4. The van der Waals surface area contributed by atoms with Gasteiger partial charge in [-0.25, -0.2) is 0 Å². The lowest BCUT2D eigenvalue weighted by Crippen LogP contribution is -2.26. The number of hydrogen-bond donors (Lipinski definition) is 1. The molecule has 2 amide bonds. The van der Waals surface area contributed by atoms with E-state index in [1.165, 1.54) is 51.7 Å². The van der Waals surface area contributed by atoms with Crippen LogP contribution in [0.1, 0.15) is 70.3 Å². The average molecular weight is 429 g/mol. The summed E-state index contributed by atoms with van der Waals surface area (Å²) in [6.45, 7) is 3.23. The Morgan fingerprint density at radius 2 is 1.84 bits per heavy atom. The summed E-state index contributed by atoms with van der Waals surface area (Å²) in [5, 5.41) is 2.92. The fourth-order valence-electron chi connectivity index (χ4n) is 3.78. The van der Waals surface area contributed by atoms with Crippen molar-refractivity contribution in [1.82, 2.24) is 5.32 Å². The molecular weight excluding hydrogens is 392 g/mol. The molecule has 1 aliphatic heterocycles. The van der Waals surface area contributed by atoms with Crippen LogP contribution in [-0.4, -0.2) is 38.0 Å². The van der Waals surface area contributed by atoms with Crippen LogP contribution in [-0.2, 0) is 19.1 Å². The molecule has 31 heavy (non-hydrogen) atoms. The zero-order chi connectivity index (χ0) is 22.5. The van der Waals surface area contributed by atoms with Crippen LogP contribution in [0, 0.1) is 5.92 Å². The van der Waals surface area contributed by atoms with Crippen molar-refractivity contribution in [3.63, 3.8) is 0 Å². The molecule has 1 heterocycles. The van der Waals surface area contributed by atoms with E-state index in [2.05, 4.69) is 12.2 Å². The van der Waals surface area contributed by atoms with Crippen molar-refractivity contribution in [3.8, 4) is 0 Å². The maximum atomic E-state index is 12.3. The molecule has 1 N–H and O–H groups in total. The first-order chi connectivity index (χ1) is 15.0. The van der Waals surface area contributed by atoms with Crippen LogP contribution in [0.4, 0.5) is 5.69 Å². The Kier molecular flexibility index (Phi) is 10.8. The van der Waals surface area contributed by atoms with E-state index in [0.29, 0.717) is 13.1 Å². The average Bonchev–Trinajstić information content (AvgIpc) is 3.18. The van der Waals surface area contributed by atoms with Gasteiger partial charge in [0, 0.05) is 31.3 Å². The number of carbonyl (C=O) groups is 3. The van der Waals surface area contributed by atoms with Crippen LogP contribution in [0.25, 0.3) is 6.08 Å². The second-order valence-electron chi connectivity index (χ2n) is 8.12. The Balaban J connectivity index is 1.73. The van der Waals surface area contributed by atoms with E-state index < -0.39 is 5.92 Å². The third-order valence-electron chi connectivity index (χ3n) is 5.60. The number of anilines is 1. The van der Waals surface area contributed by atoms with Crippen LogP contribution >= 0.6 is 0 Å². The van der Waals surface area contributed by atoms with Gasteiger partial charge in [-0.2, -0.15) is 0 Å². The van der Waals surface area contributed by atoms with Gasteiger partial charge in [-0.15, -0.1) is 0 Å². The first kappa shape index (κ1) is 24.6. The summed E-state index contributed by atoms with van der Waals surface area (Å²) in [5.41, 5.74) is 1.55. The molecule has 0 aromatic heterocycles. The molecule has 2 rings (SSSR count). The number of benzene rings is 1. The number of carbonyl (C=O) groups excluding carboxylic acids is 3. The highest BCUT2D eigenvalue weighted by molar-refractivity contribution is 5.99. The summed E-state index contributed by atoms with van der Waals surface area (Å²) in [6, 6.07) is 7.40. The smallest absolute Gasteiger partial charge is 0.311 e. The van der Waals surface area contributed by atoms with Gasteiger partial charge in [-0.3, -0.25) is 14.4 Å². The maximum absolute atomic E-state index is 12.3. The van der Waals surface area contributed by atoms with E-state index in [1.54, 1.807) is 11.0 Å². The lowest BCUT2D eigenvalue weighted by Gasteiger charge is -2.16. The van der Waals surface area contributed by atoms with E-state index in [-0.39, 0.29) is 24.2 Å². The molecule has 170 valence electrons. The zero-order valence-corrected chi connectivity index (χ0v) is 18.9. The highest BCUT2D eigenvalue weighted by Crippen LogP contribution is 2.26. The number of amides is 2. The highest BCUT2D eigenvalue weighted by atomic mass is 16.5. The molecule has 0 aliphatic carbocycles. The van der Waals surface area contributed by atoms with Gasteiger partial charge in [0.2, 0.25) is 11.8 Å². The van der Waals surface area contributed by atoms with E-state index in [4.69, 9.17) is 4.74 Å². The first-order valence-electron chi connectivity index (χ1n) is 11.5. The van der Waals surface area contributed by atoms with Crippen LogP contribution in [0.5, 0.6) is 0 Å². The predicted octanol–water partition coefficient (Wildman–Crippen LogP) is 4.48. The summed E-state index contributed by atoms with van der Waals surface area (Å²) in [7, 11) is 1.33. The van der Waals surface area contributed by atoms with Crippen LogP contribution in [0.15, 0.2) is 30.3 Å². The molecule has 1 atom stereocenters. The van der Waals surface area contributed by atoms with Crippen LogP contribution in [0.3, 0.4) is 0 Å². The summed E-state index contributed by atoms with van der Waals surface area (Å²) >= 11 is 0. The summed E-state index contributed by atoms with van der Waals surface area (Å²) < 4.78 is 4.76. The standard InChI is InChI=1S/C25H36N2O4/c1-3-4-5-6-7-8-9-10-16-26-23(28)15-14-20-12-11-13-22(17-20)27-19-21(18-24(27)29)25(30)31-2/h11-15,17,21H,3-10,16,18-19H2,1-2H3,(H,26,28)/b15-14+. The zero-order valence-electron chi connectivity index (χ0n) is 18.9. The quantitative estimate of drug-likeness (QED) is 0.285. The fourth-order valence-corrected chi connectivity index (χ4v) is 3.78. The number of nitrogens with one attached hydrogen (secondary N) is 1. The van der Waals surface area contributed by atoms with Gasteiger partial charge >= 0.3 is 5.97 Å². The number of nitrogens with zero attached hydrogens (tertiary/aromatic N) is 1. The monoisotopic (exact) mass is 428 g/mol. The van der Waals surface area contributed by atoms with Gasteiger partial charge in [0.25, 0.3) is 0 Å². The molecule has 0 bridgehead atoms. The van der Waals surface area contributed by atoms with E-state index in [9.17, 15) is 14.4 Å². The lowest BCUT2D eigenvalue weighted by molar-refractivity contribution is -0.145. The minimum Gasteiger partial charge on any atom is -0.469 e.